The van der Waals surface area contributed by atoms with Crippen LogP contribution in [0, 0.1) is 18.4 Å². The van der Waals surface area contributed by atoms with Crippen molar-refractivity contribution in [3.05, 3.63) is 6.61 Å². The van der Waals surface area contributed by atoms with Crippen molar-refractivity contribution >= 4 is 5.97 Å². The van der Waals surface area contributed by atoms with Gasteiger partial charge in [0.15, 0.2) is 0 Å². The highest BCUT2D eigenvalue weighted by molar-refractivity contribution is 5.70. The van der Waals surface area contributed by atoms with Gasteiger partial charge in [-0.3, -0.25) is 4.79 Å². The van der Waals surface area contributed by atoms with Gasteiger partial charge in [-0.1, -0.05) is 33.1 Å². The molecule has 0 amide bonds. The molecule has 0 aliphatic heterocycles. The highest BCUT2D eigenvalue weighted by Crippen LogP contribution is 2.26. The molecule has 1 aliphatic rings. The third kappa shape index (κ3) is 4.64. The topological polar surface area (TPSA) is 26.3 Å². The van der Waals surface area contributed by atoms with Crippen LogP contribution in [0.4, 0.5) is 0 Å². The number of hydrogen-bond donors (Lipinski definition) is 0. The van der Waals surface area contributed by atoms with Gasteiger partial charge in [0.05, 0.1) is 0 Å². The molecule has 1 aliphatic carbocycles. The summed E-state index contributed by atoms with van der Waals surface area (Å²) in [6.45, 7) is 5.65. The lowest BCUT2D eigenvalue weighted by Gasteiger charge is -2.20. The molecule has 0 unspecified atom stereocenters. The monoisotopic (exact) mass is 197 g/mol. The molecule has 0 atom stereocenters. The van der Waals surface area contributed by atoms with Gasteiger partial charge >= 0.3 is 5.97 Å². The fourth-order valence-electron chi connectivity index (χ4n) is 1.89. The molecule has 81 valence electrons. The number of carbonyl (C=O) groups excluding carboxylic acids is 1. The summed E-state index contributed by atoms with van der Waals surface area (Å²) in [5, 5.41) is 0. The van der Waals surface area contributed by atoms with E-state index in [9.17, 15) is 4.79 Å². The van der Waals surface area contributed by atoms with Gasteiger partial charge in [0.1, 0.15) is 6.61 Å². The Morgan fingerprint density at radius 1 is 1.36 bits per heavy atom. The number of ether oxygens (including phenoxy) is 1. The van der Waals surface area contributed by atoms with E-state index in [0.717, 1.165) is 0 Å². The molecule has 0 heterocycles. The Labute approximate surface area is 87.0 Å². The van der Waals surface area contributed by atoms with Crippen molar-refractivity contribution in [2.24, 2.45) is 11.8 Å². The van der Waals surface area contributed by atoms with Crippen LogP contribution in [-0.2, 0) is 9.53 Å². The molecule has 0 aromatic heterocycles. The summed E-state index contributed by atoms with van der Waals surface area (Å²) in [5.74, 6) is 0.854. The fourth-order valence-corrected chi connectivity index (χ4v) is 1.89. The molecule has 1 fully saturated rings. The van der Waals surface area contributed by atoms with Crippen LogP contribution >= 0.6 is 0 Å². The highest BCUT2D eigenvalue weighted by atomic mass is 16.5. The Hall–Kier alpha value is -0.530. The maximum atomic E-state index is 11.4. The molecule has 1 saturated carbocycles. The third-order valence-electron chi connectivity index (χ3n) is 2.65. The van der Waals surface area contributed by atoms with Gasteiger partial charge in [0.2, 0.25) is 0 Å². The molecule has 0 spiro atoms. The Balaban J connectivity index is 2.12. The first-order valence-corrected chi connectivity index (χ1v) is 5.71. The maximum Gasteiger partial charge on any atom is 0.306 e. The van der Waals surface area contributed by atoms with Crippen LogP contribution in [0.2, 0.25) is 0 Å². The minimum Gasteiger partial charge on any atom is -0.458 e. The standard InChI is InChI=1S/C12H21O2/c1-10(2)9-14-12(13)8-11-6-4-3-5-7-11/h9-11H,3-8H2,1-2H3. The SMILES string of the molecule is CC(C)[CH]OC(=O)CC1CCCCC1. The van der Waals surface area contributed by atoms with E-state index < -0.39 is 0 Å². The smallest absolute Gasteiger partial charge is 0.306 e. The van der Waals surface area contributed by atoms with Gasteiger partial charge in [-0.15, -0.1) is 0 Å². The predicted octanol–water partition coefficient (Wildman–Crippen LogP) is 3.32. The summed E-state index contributed by atoms with van der Waals surface area (Å²) in [6.07, 6.45) is 6.93. The van der Waals surface area contributed by atoms with Gasteiger partial charge in [0.25, 0.3) is 0 Å². The van der Waals surface area contributed by atoms with Gasteiger partial charge < -0.3 is 4.74 Å². The second kappa shape index (κ2) is 6.05. The average molecular weight is 197 g/mol. The number of esters is 1. The zero-order chi connectivity index (χ0) is 10.4. The molecule has 1 rings (SSSR count). The largest absolute Gasteiger partial charge is 0.458 e. The second-order valence-corrected chi connectivity index (χ2v) is 4.58. The summed E-state index contributed by atoms with van der Waals surface area (Å²) in [4.78, 5) is 11.4. The molecule has 0 bridgehead atoms. The average Bonchev–Trinajstić information content (AvgIpc) is 2.16. The van der Waals surface area contributed by atoms with E-state index in [1.54, 1.807) is 6.61 Å². The van der Waals surface area contributed by atoms with Crippen molar-refractivity contribution in [2.45, 2.75) is 52.4 Å². The van der Waals surface area contributed by atoms with Crippen LogP contribution in [0.3, 0.4) is 0 Å². The molecule has 1 radical (unpaired) electrons. The molecule has 2 heteroatoms. The van der Waals surface area contributed by atoms with Crippen molar-refractivity contribution in [1.29, 1.82) is 0 Å². The van der Waals surface area contributed by atoms with E-state index in [2.05, 4.69) is 0 Å². The Bertz CT molecular complexity index is 169. The molecule has 0 saturated heterocycles. The highest BCUT2D eigenvalue weighted by Gasteiger charge is 2.17. The van der Waals surface area contributed by atoms with Crippen LogP contribution in [0.15, 0.2) is 0 Å². The fraction of sp³-hybridized carbons (Fsp3) is 0.833. The Kier molecular flexibility index (Phi) is 4.99. The summed E-state index contributed by atoms with van der Waals surface area (Å²) in [6, 6.07) is 0. The summed E-state index contributed by atoms with van der Waals surface area (Å²) in [5.41, 5.74) is 0. The number of rotatable bonds is 4. The number of hydrogen-bond acceptors (Lipinski definition) is 2. The first-order chi connectivity index (χ1) is 6.68. The van der Waals surface area contributed by atoms with Crippen LogP contribution in [0.1, 0.15) is 52.4 Å². The van der Waals surface area contributed by atoms with E-state index in [0.29, 0.717) is 18.3 Å². The quantitative estimate of drug-likeness (QED) is 0.646. The summed E-state index contributed by atoms with van der Waals surface area (Å²) >= 11 is 0. The summed E-state index contributed by atoms with van der Waals surface area (Å²) < 4.78 is 5.04. The van der Waals surface area contributed by atoms with E-state index in [4.69, 9.17) is 4.74 Å². The third-order valence-corrected chi connectivity index (χ3v) is 2.65. The van der Waals surface area contributed by atoms with Gasteiger partial charge in [-0.05, 0) is 24.7 Å². The summed E-state index contributed by atoms with van der Waals surface area (Å²) in [7, 11) is 0. The lowest BCUT2D eigenvalue weighted by atomic mass is 9.87. The molecule has 2 nitrogen and oxygen atoms in total. The zero-order valence-corrected chi connectivity index (χ0v) is 9.29. The van der Waals surface area contributed by atoms with E-state index >= 15 is 0 Å². The first-order valence-electron chi connectivity index (χ1n) is 5.71. The van der Waals surface area contributed by atoms with Crippen molar-refractivity contribution < 1.29 is 9.53 Å². The van der Waals surface area contributed by atoms with Gasteiger partial charge in [0, 0.05) is 6.42 Å². The number of carbonyl (C=O) groups is 1. The predicted molar refractivity (Wildman–Crippen MR) is 56.4 cm³/mol. The van der Waals surface area contributed by atoms with Gasteiger partial charge in [-0.25, -0.2) is 0 Å². The molecular weight excluding hydrogens is 176 g/mol. The van der Waals surface area contributed by atoms with Crippen LogP contribution in [0.25, 0.3) is 0 Å². The van der Waals surface area contributed by atoms with Crippen molar-refractivity contribution in [2.75, 3.05) is 0 Å². The van der Waals surface area contributed by atoms with E-state index in [-0.39, 0.29) is 5.97 Å². The Morgan fingerprint density at radius 2 is 2.00 bits per heavy atom. The van der Waals surface area contributed by atoms with Crippen molar-refractivity contribution in [1.82, 2.24) is 0 Å². The zero-order valence-electron chi connectivity index (χ0n) is 9.29. The van der Waals surface area contributed by atoms with Crippen LogP contribution < -0.4 is 0 Å². The maximum absolute atomic E-state index is 11.4. The molecular formula is C12H21O2. The molecule has 0 aromatic carbocycles. The molecule has 14 heavy (non-hydrogen) atoms. The van der Waals surface area contributed by atoms with Crippen LogP contribution in [-0.4, -0.2) is 5.97 Å². The Morgan fingerprint density at radius 3 is 2.57 bits per heavy atom. The lowest BCUT2D eigenvalue weighted by molar-refractivity contribution is -0.142. The molecule has 0 N–H and O–H groups in total. The van der Waals surface area contributed by atoms with Crippen molar-refractivity contribution in [3.8, 4) is 0 Å². The van der Waals surface area contributed by atoms with Crippen LogP contribution in [0.5, 0.6) is 0 Å². The molecule has 0 aromatic rings. The van der Waals surface area contributed by atoms with E-state index in [1.807, 2.05) is 13.8 Å². The second-order valence-electron chi connectivity index (χ2n) is 4.58. The normalized spacial score (nSPS) is 18.5. The first kappa shape index (κ1) is 11.5. The van der Waals surface area contributed by atoms with E-state index in [1.165, 1.54) is 32.1 Å². The van der Waals surface area contributed by atoms with Crippen molar-refractivity contribution in [3.63, 3.8) is 0 Å². The minimum atomic E-state index is -0.0504. The van der Waals surface area contributed by atoms with Gasteiger partial charge in [-0.2, -0.15) is 0 Å². The minimum absolute atomic E-state index is 0.0504. The lowest BCUT2D eigenvalue weighted by Crippen LogP contribution is -2.14.